The molecule has 0 bridgehead atoms. The molecule has 4 rings (SSSR count). The zero-order chi connectivity index (χ0) is 23.7. The molecule has 0 saturated carbocycles. The molecule has 1 saturated heterocycles. The number of carbonyl (C=O) groups excluding carboxylic acids is 5. The Labute approximate surface area is 185 Å². The van der Waals surface area contributed by atoms with E-state index >= 15 is 0 Å². The molecule has 33 heavy (non-hydrogen) atoms. The van der Waals surface area contributed by atoms with Gasteiger partial charge in [0.25, 0.3) is 17.7 Å². The molecule has 0 aromatic heterocycles. The number of carbonyl (C=O) groups is 5. The number of nitrogens with zero attached hydrogens (tertiary/aromatic N) is 1. The Morgan fingerprint density at radius 3 is 2.45 bits per heavy atom. The van der Waals surface area contributed by atoms with Gasteiger partial charge in [-0.1, -0.05) is 24.3 Å². The lowest BCUT2D eigenvalue weighted by atomic mass is 10.0. The second kappa shape index (κ2) is 8.77. The van der Waals surface area contributed by atoms with Crippen molar-refractivity contribution in [3.8, 4) is 5.75 Å². The number of hydrogen-bond donors (Lipinski definition) is 2. The largest absolute Gasteiger partial charge is 0.434 e. The van der Waals surface area contributed by atoms with E-state index in [0.717, 1.165) is 6.07 Å². The molecule has 1 unspecified atom stereocenters. The van der Waals surface area contributed by atoms with E-state index in [2.05, 4.69) is 15.4 Å². The zero-order valence-electron chi connectivity index (χ0n) is 17.0. The number of benzene rings is 2. The number of para-hydroxylation sites is 1. The fourth-order valence-corrected chi connectivity index (χ4v) is 3.89. The number of rotatable bonds is 5. The Kier molecular flexibility index (Phi) is 5.86. The van der Waals surface area contributed by atoms with Crippen LogP contribution in [0.25, 0.3) is 0 Å². The Hall–Kier alpha value is -4.15. The van der Waals surface area contributed by atoms with E-state index in [-0.39, 0.29) is 36.1 Å². The van der Waals surface area contributed by atoms with Crippen molar-refractivity contribution in [3.05, 3.63) is 64.7 Å². The number of alkyl halides is 2. The van der Waals surface area contributed by atoms with Crippen molar-refractivity contribution in [1.29, 1.82) is 0 Å². The van der Waals surface area contributed by atoms with Gasteiger partial charge in [0.1, 0.15) is 11.8 Å². The van der Waals surface area contributed by atoms with Gasteiger partial charge in [0.15, 0.2) is 0 Å². The molecular formula is C22H17F2N3O6. The van der Waals surface area contributed by atoms with Crippen LogP contribution < -0.4 is 15.4 Å². The molecule has 1 fully saturated rings. The van der Waals surface area contributed by atoms with Gasteiger partial charge in [0.05, 0.1) is 16.7 Å². The highest BCUT2D eigenvalue weighted by atomic mass is 19.3. The summed E-state index contributed by atoms with van der Waals surface area (Å²) in [5.41, 5.74) is 0.124. The molecule has 0 spiro atoms. The van der Waals surface area contributed by atoms with E-state index < -0.39 is 47.9 Å². The van der Waals surface area contributed by atoms with Gasteiger partial charge in [-0.3, -0.25) is 34.6 Å². The molecule has 5 amide bonds. The molecule has 11 heteroatoms. The summed E-state index contributed by atoms with van der Waals surface area (Å²) in [6, 6.07) is 8.80. The van der Waals surface area contributed by atoms with Crippen molar-refractivity contribution < 1.29 is 37.5 Å². The van der Waals surface area contributed by atoms with Gasteiger partial charge < -0.3 is 9.64 Å². The third-order valence-electron chi connectivity index (χ3n) is 5.37. The average Bonchev–Trinajstić information content (AvgIpc) is 3.10. The van der Waals surface area contributed by atoms with Crippen molar-refractivity contribution >= 4 is 29.5 Å². The zero-order valence-corrected chi connectivity index (χ0v) is 17.0. The number of nitrogens with one attached hydrogen (secondary N) is 2. The van der Waals surface area contributed by atoms with Crippen molar-refractivity contribution in [3.63, 3.8) is 0 Å². The first-order valence-corrected chi connectivity index (χ1v) is 9.92. The van der Waals surface area contributed by atoms with Gasteiger partial charge in [-0.2, -0.15) is 8.78 Å². The summed E-state index contributed by atoms with van der Waals surface area (Å²) in [7, 11) is 0. The fourth-order valence-electron chi connectivity index (χ4n) is 3.89. The van der Waals surface area contributed by atoms with Gasteiger partial charge in [-0.05, 0) is 30.2 Å². The number of imide groups is 2. The van der Waals surface area contributed by atoms with Gasteiger partial charge in [0, 0.05) is 13.0 Å². The Morgan fingerprint density at radius 2 is 1.73 bits per heavy atom. The molecule has 2 heterocycles. The monoisotopic (exact) mass is 457 g/mol. The second-order valence-electron chi connectivity index (χ2n) is 7.40. The first-order valence-electron chi connectivity index (χ1n) is 9.92. The molecule has 1 atom stereocenters. The van der Waals surface area contributed by atoms with Gasteiger partial charge in [0.2, 0.25) is 11.8 Å². The lowest BCUT2D eigenvalue weighted by Crippen LogP contribution is -2.52. The Bertz CT molecular complexity index is 1180. The van der Waals surface area contributed by atoms with Crippen LogP contribution in [0.1, 0.15) is 49.5 Å². The third-order valence-corrected chi connectivity index (χ3v) is 5.37. The molecular weight excluding hydrogens is 440 g/mol. The normalized spacial score (nSPS) is 17.6. The summed E-state index contributed by atoms with van der Waals surface area (Å²) >= 11 is 0. The summed E-state index contributed by atoms with van der Waals surface area (Å²) in [5.74, 6) is -3.90. The topological polar surface area (TPSA) is 122 Å². The predicted octanol–water partition coefficient (Wildman–Crippen LogP) is 1.62. The highest BCUT2D eigenvalue weighted by Crippen LogP contribution is 2.30. The summed E-state index contributed by atoms with van der Waals surface area (Å²) < 4.78 is 29.5. The minimum atomic E-state index is -3.16. The van der Waals surface area contributed by atoms with Crippen LogP contribution in [0.3, 0.4) is 0 Å². The molecule has 2 aromatic carbocycles. The van der Waals surface area contributed by atoms with Crippen LogP contribution >= 0.6 is 0 Å². The average molecular weight is 457 g/mol. The number of amides is 5. The van der Waals surface area contributed by atoms with Crippen LogP contribution in [0.4, 0.5) is 8.78 Å². The number of piperidine rings is 1. The minimum absolute atomic E-state index is 0.0321. The number of hydrogen-bond acceptors (Lipinski definition) is 6. The lowest BCUT2D eigenvalue weighted by Gasteiger charge is -2.29. The van der Waals surface area contributed by atoms with Crippen molar-refractivity contribution in [2.24, 2.45) is 0 Å². The lowest BCUT2D eigenvalue weighted by molar-refractivity contribution is -0.136. The maximum absolute atomic E-state index is 13.1. The summed E-state index contributed by atoms with van der Waals surface area (Å²) in [4.78, 5) is 63.4. The van der Waals surface area contributed by atoms with Crippen LogP contribution in [0.5, 0.6) is 5.75 Å². The predicted molar refractivity (Wildman–Crippen MR) is 107 cm³/mol. The first-order chi connectivity index (χ1) is 15.8. The highest BCUT2D eigenvalue weighted by molar-refractivity contribution is 6.16. The number of halogens is 2. The Balaban J connectivity index is 1.56. The van der Waals surface area contributed by atoms with Crippen molar-refractivity contribution in [1.82, 2.24) is 15.5 Å². The summed E-state index contributed by atoms with van der Waals surface area (Å²) in [5, 5.41) is 4.28. The molecule has 170 valence electrons. The third kappa shape index (κ3) is 4.29. The van der Waals surface area contributed by atoms with Gasteiger partial charge in [-0.15, -0.1) is 0 Å². The first kappa shape index (κ1) is 22.1. The van der Waals surface area contributed by atoms with E-state index in [1.807, 2.05) is 0 Å². The molecule has 2 N–H and O–H groups in total. The maximum Gasteiger partial charge on any atom is 0.387 e. The van der Waals surface area contributed by atoms with Crippen LogP contribution in [0.15, 0.2) is 42.5 Å². The van der Waals surface area contributed by atoms with E-state index in [9.17, 15) is 32.8 Å². The fraction of sp³-hybridized carbons (Fsp3) is 0.227. The van der Waals surface area contributed by atoms with Gasteiger partial charge in [-0.25, -0.2) is 0 Å². The summed E-state index contributed by atoms with van der Waals surface area (Å²) in [6.07, 6.45) is 0.240. The minimum Gasteiger partial charge on any atom is -0.434 e. The smallest absolute Gasteiger partial charge is 0.387 e. The van der Waals surface area contributed by atoms with Crippen molar-refractivity contribution in [2.45, 2.75) is 32.0 Å². The molecule has 2 aromatic rings. The van der Waals surface area contributed by atoms with Crippen LogP contribution in [0.2, 0.25) is 0 Å². The van der Waals surface area contributed by atoms with Gasteiger partial charge >= 0.3 is 6.61 Å². The molecule has 2 aliphatic rings. The molecule has 0 radical (unpaired) electrons. The molecule has 0 aliphatic carbocycles. The second-order valence-corrected chi connectivity index (χ2v) is 7.40. The SMILES string of the molecule is O=C1CCC(N2Cc3cccc(C(=O)NC(=O)c4ccccc4OC(F)F)c3C2=O)C(=O)N1. The molecule has 9 nitrogen and oxygen atoms in total. The quantitative estimate of drug-likeness (QED) is 0.658. The van der Waals surface area contributed by atoms with Crippen LogP contribution in [-0.4, -0.2) is 47.1 Å². The van der Waals surface area contributed by atoms with E-state index in [1.165, 1.54) is 35.2 Å². The van der Waals surface area contributed by atoms with Crippen molar-refractivity contribution in [2.75, 3.05) is 0 Å². The Morgan fingerprint density at radius 1 is 1.03 bits per heavy atom. The number of fused-ring (bicyclic) bond motifs is 1. The highest BCUT2D eigenvalue weighted by Gasteiger charge is 2.40. The summed E-state index contributed by atoms with van der Waals surface area (Å²) in [6.45, 7) is -3.11. The molecule has 2 aliphatic heterocycles. The maximum atomic E-state index is 13.1. The van der Waals surface area contributed by atoms with E-state index in [1.54, 1.807) is 6.07 Å². The standard InChI is InChI=1S/C22H17F2N3O6/c23-22(24)33-15-7-2-1-5-12(15)18(29)26-19(30)13-6-3-4-11-10-27(21(32)17(11)13)14-8-9-16(28)25-20(14)31/h1-7,14,22H,8-10H2,(H,25,28,31)(H,26,29,30). The van der Waals surface area contributed by atoms with E-state index in [4.69, 9.17) is 0 Å². The van der Waals surface area contributed by atoms with Crippen LogP contribution in [0, 0.1) is 0 Å². The van der Waals surface area contributed by atoms with E-state index in [0.29, 0.717) is 5.56 Å². The number of ether oxygens (including phenoxy) is 1. The van der Waals surface area contributed by atoms with Crippen LogP contribution in [-0.2, 0) is 16.1 Å².